The maximum absolute atomic E-state index is 11.5. The first-order valence-corrected chi connectivity index (χ1v) is 5.19. The quantitative estimate of drug-likeness (QED) is 0.732. The Kier molecular flexibility index (Phi) is 2.84. The Morgan fingerprint density at radius 1 is 1.69 bits per heavy atom. The highest BCUT2D eigenvalue weighted by atomic mass is 16.2. The average Bonchev–Trinajstić information content (AvgIpc) is 2.79. The van der Waals surface area contributed by atoms with Crippen LogP contribution in [0.25, 0.3) is 0 Å². The van der Waals surface area contributed by atoms with Crippen molar-refractivity contribution in [1.82, 2.24) is 20.1 Å². The lowest BCUT2D eigenvalue weighted by Crippen LogP contribution is -2.29. The van der Waals surface area contributed by atoms with Crippen LogP contribution < -0.4 is 10.6 Å². The zero-order chi connectivity index (χ0) is 11.5. The van der Waals surface area contributed by atoms with E-state index in [0.29, 0.717) is 12.5 Å². The molecule has 2 amide bonds. The van der Waals surface area contributed by atoms with Gasteiger partial charge < -0.3 is 5.32 Å². The zero-order valence-corrected chi connectivity index (χ0v) is 8.93. The van der Waals surface area contributed by atoms with Crippen molar-refractivity contribution in [3.63, 3.8) is 0 Å². The molecule has 1 atom stereocenters. The lowest BCUT2D eigenvalue weighted by molar-refractivity contribution is -0.126. The van der Waals surface area contributed by atoms with Crippen LogP contribution in [0.4, 0.5) is 5.95 Å². The molecule has 86 valence electrons. The molecular weight excluding hydrogens is 210 g/mol. The molecule has 1 aliphatic rings. The first kappa shape index (κ1) is 10.6. The van der Waals surface area contributed by atoms with E-state index in [2.05, 4.69) is 20.7 Å². The molecule has 2 N–H and O–H groups in total. The number of aromatic nitrogens is 3. The van der Waals surface area contributed by atoms with Gasteiger partial charge in [-0.05, 0) is 6.42 Å². The summed E-state index contributed by atoms with van der Waals surface area (Å²) in [7, 11) is 0. The zero-order valence-electron chi connectivity index (χ0n) is 8.93. The number of fused-ring (bicyclic) bond motifs is 1. The van der Waals surface area contributed by atoms with Gasteiger partial charge in [-0.15, -0.1) is 0 Å². The minimum atomic E-state index is -0.575. The highest BCUT2D eigenvalue weighted by Gasteiger charge is 2.33. The van der Waals surface area contributed by atoms with E-state index in [9.17, 15) is 9.59 Å². The first-order chi connectivity index (χ1) is 7.72. The van der Waals surface area contributed by atoms with E-state index in [1.165, 1.54) is 11.0 Å². The standard InChI is InChI=1S/C9H13N5O2/c1-2-3-10-7(15)4-6-8(16)13-9-11-5-12-14(6)9/h5-6H,2-4H2,1H3,(H,10,15)(H,11,12,13,16). The minimum Gasteiger partial charge on any atom is -0.356 e. The van der Waals surface area contributed by atoms with Crippen LogP contribution in [0, 0.1) is 0 Å². The summed E-state index contributed by atoms with van der Waals surface area (Å²) in [5.74, 6) is 0.0193. The molecule has 16 heavy (non-hydrogen) atoms. The van der Waals surface area contributed by atoms with E-state index >= 15 is 0 Å². The van der Waals surface area contributed by atoms with Crippen LogP contribution in [0.1, 0.15) is 25.8 Å². The molecule has 0 fully saturated rings. The van der Waals surface area contributed by atoms with Crippen molar-refractivity contribution in [3.8, 4) is 0 Å². The van der Waals surface area contributed by atoms with Crippen LogP contribution in [-0.4, -0.2) is 33.1 Å². The predicted octanol–water partition coefficient (Wildman–Crippen LogP) is -0.312. The smallest absolute Gasteiger partial charge is 0.252 e. The van der Waals surface area contributed by atoms with Gasteiger partial charge in [-0.2, -0.15) is 10.1 Å². The van der Waals surface area contributed by atoms with Gasteiger partial charge in [-0.25, -0.2) is 4.68 Å². The van der Waals surface area contributed by atoms with Gasteiger partial charge >= 0.3 is 0 Å². The van der Waals surface area contributed by atoms with Gasteiger partial charge in [0.25, 0.3) is 5.91 Å². The van der Waals surface area contributed by atoms with E-state index in [4.69, 9.17) is 0 Å². The van der Waals surface area contributed by atoms with Crippen molar-refractivity contribution in [2.75, 3.05) is 11.9 Å². The number of carbonyl (C=O) groups is 2. The van der Waals surface area contributed by atoms with Gasteiger partial charge in [0.2, 0.25) is 11.9 Å². The summed E-state index contributed by atoms with van der Waals surface area (Å²) in [5, 5.41) is 9.19. The molecule has 0 aromatic carbocycles. The molecule has 7 heteroatoms. The Labute approximate surface area is 92.2 Å². The summed E-state index contributed by atoms with van der Waals surface area (Å²) >= 11 is 0. The Morgan fingerprint density at radius 3 is 3.25 bits per heavy atom. The summed E-state index contributed by atoms with van der Waals surface area (Å²) in [5.41, 5.74) is 0. The second kappa shape index (κ2) is 4.30. The van der Waals surface area contributed by atoms with Gasteiger partial charge in [-0.3, -0.25) is 14.9 Å². The lowest BCUT2D eigenvalue weighted by Gasteiger charge is -2.08. The Bertz CT molecular complexity index is 414. The third-order valence-electron chi connectivity index (χ3n) is 2.36. The summed E-state index contributed by atoms with van der Waals surface area (Å²) in [6.07, 6.45) is 2.32. The number of carbonyl (C=O) groups excluding carboxylic acids is 2. The fourth-order valence-electron chi connectivity index (χ4n) is 1.56. The van der Waals surface area contributed by atoms with Crippen LogP contribution in [0.15, 0.2) is 6.33 Å². The van der Waals surface area contributed by atoms with Gasteiger partial charge in [0.1, 0.15) is 12.4 Å². The summed E-state index contributed by atoms with van der Waals surface area (Å²) in [6, 6.07) is -0.575. The molecule has 0 bridgehead atoms. The number of hydrogen-bond donors (Lipinski definition) is 2. The molecule has 0 aliphatic carbocycles. The monoisotopic (exact) mass is 223 g/mol. The van der Waals surface area contributed by atoms with E-state index < -0.39 is 6.04 Å². The van der Waals surface area contributed by atoms with E-state index in [1.54, 1.807) is 0 Å². The summed E-state index contributed by atoms with van der Waals surface area (Å²) in [4.78, 5) is 26.8. The van der Waals surface area contributed by atoms with Crippen LogP contribution >= 0.6 is 0 Å². The molecular formula is C9H13N5O2. The van der Waals surface area contributed by atoms with Crippen molar-refractivity contribution in [2.24, 2.45) is 0 Å². The Morgan fingerprint density at radius 2 is 2.50 bits per heavy atom. The van der Waals surface area contributed by atoms with Gasteiger partial charge in [0, 0.05) is 6.54 Å². The van der Waals surface area contributed by atoms with Gasteiger partial charge in [-0.1, -0.05) is 6.92 Å². The predicted molar refractivity (Wildman–Crippen MR) is 55.6 cm³/mol. The second-order valence-electron chi connectivity index (χ2n) is 3.59. The summed E-state index contributed by atoms with van der Waals surface area (Å²) in [6.45, 7) is 2.59. The number of nitrogens with zero attached hydrogens (tertiary/aromatic N) is 3. The Hall–Kier alpha value is -1.92. The third kappa shape index (κ3) is 1.88. The van der Waals surface area contributed by atoms with Crippen molar-refractivity contribution in [3.05, 3.63) is 6.33 Å². The van der Waals surface area contributed by atoms with E-state index in [1.807, 2.05) is 6.92 Å². The second-order valence-corrected chi connectivity index (χ2v) is 3.59. The number of hydrogen-bond acceptors (Lipinski definition) is 4. The third-order valence-corrected chi connectivity index (χ3v) is 2.36. The normalized spacial score (nSPS) is 18.1. The molecule has 1 aromatic heterocycles. The van der Waals surface area contributed by atoms with Crippen molar-refractivity contribution in [1.29, 1.82) is 0 Å². The molecule has 7 nitrogen and oxygen atoms in total. The molecule has 0 saturated carbocycles. The topological polar surface area (TPSA) is 88.9 Å². The number of rotatable bonds is 4. The maximum atomic E-state index is 11.5. The SMILES string of the molecule is CCCNC(=O)CC1C(=O)Nc2ncnn21. The van der Waals surface area contributed by atoms with Crippen LogP contribution in [0.3, 0.4) is 0 Å². The van der Waals surface area contributed by atoms with Gasteiger partial charge in [0.15, 0.2) is 0 Å². The molecule has 0 saturated heterocycles. The molecule has 1 aromatic rings. The largest absolute Gasteiger partial charge is 0.356 e. The van der Waals surface area contributed by atoms with Crippen molar-refractivity contribution in [2.45, 2.75) is 25.8 Å². The maximum Gasteiger partial charge on any atom is 0.252 e. The van der Waals surface area contributed by atoms with Gasteiger partial charge in [0.05, 0.1) is 6.42 Å². The minimum absolute atomic E-state index is 0.0994. The number of nitrogens with one attached hydrogen (secondary N) is 2. The molecule has 1 unspecified atom stereocenters. The Balaban J connectivity index is 2.00. The highest BCUT2D eigenvalue weighted by Crippen LogP contribution is 2.23. The summed E-state index contributed by atoms with van der Waals surface area (Å²) < 4.78 is 1.44. The fraction of sp³-hybridized carbons (Fsp3) is 0.556. The number of amides is 2. The van der Waals surface area contributed by atoms with Crippen LogP contribution in [-0.2, 0) is 9.59 Å². The molecule has 0 radical (unpaired) electrons. The highest BCUT2D eigenvalue weighted by molar-refractivity contribution is 5.98. The first-order valence-electron chi connectivity index (χ1n) is 5.19. The molecule has 2 heterocycles. The van der Waals surface area contributed by atoms with Crippen LogP contribution in [0.2, 0.25) is 0 Å². The van der Waals surface area contributed by atoms with E-state index in [0.717, 1.165) is 6.42 Å². The average molecular weight is 223 g/mol. The number of anilines is 1. The molecule has 2 rings (SSSR count). The van der Waals surface area contributed by atoms with Crippen LogP contribution in [0.5, 0.6) is 0 Å². The lowest BCUT2D eigenvalue weighted by atomic mass is 10.2. The molecule has 0 spiro atoms. The van der Waals surface area contributed by atoms with Crippen molar-refractivity contribution >= 4 is 17.8 Å². The van der Waals surface area contributed by atoms with E-state index in [-0.39, 0.29) is 18.2 Å². The molecule has 1 aliphatic heterocycles. The fourth-order valence-corrected chi connectivity index (χ4v) is 1.56. The van der Waals surface area contributed by atoms with Crippen molar-refractivity contribution < 1.29 is 9.59 Å².